The lowest BCUT2D eigenvalue weighted by molar-refractivity contribution is -0.137. The van der Waals surface area contributed by atoms with E-state index in [1.165, 1.54) is 6.42 Å². The van der Waals surface area contributed by atoms with E-state index in [1.54, 1.807) is 0 Å². The molecule has 0 saturated heterocycles. The van der Waals surface area contributed by atoms with Gasteiger partial charge >= 0.3 is 5.97 Å². The summed E-state index contributed by atoms with van der Waals surface area (Å²) in [6, 6.07) is 0. The second-order valence-electron chi connectivity index (χ2n) is 4.03. The molecule has 0 amide bonds. The monoisotopic (exact) mass is 185 g/mol. The van der Waals surface area contributed by atoms with E-state index in [0.717, 1.165) is 37.8 Å². The third-order valence-corrected chi connectivity index (χ3v) is 2.68. The SMILES string of the molecule is CC1CC1CNCCCCC(=O)O. The van der Waals surface area contributed by atoms with E-state index in [-0.39, 0.29) is 0 Å². The van der Waals surface area contributed by atoms with Crippen LogP contribution in [0.1, 0.15) is 32.6 Å². The number of carboxylic acids is 1. The van der Waals surface area contributed by atoms with Gasteiger partial charge in [-0.2, -0.15) is 0 Å². The Kier molecular flexibility index (Phi) is 4.22. The maximum absolute atomic E-state index is 10.2. The first-order valence-electron chi connectivity index (χ1n) is 5.12. The Hall–Kier alpha value is -0.570. The molecule has 2 unspecified atom stereocenters. The summed E-state index contributed by atoms with van der Waals surface area (Å²) >= 11 is 0. The smallest absolute Gasteiger partial charge is 0.303 e. The first kappa shape index (κ1) is 10.5. The molecule has 0 spiro atoms. The fourth-order valence-corrected chi connectivity index (χ4v) is 1.50. The predicted molar refractivity (Wildman–Crippen MR) is 51.6 cm³/mol. The molecule has 2 atom stereocenters. The maximum atomic E-state index is 10.2. The zero-order chi connectivity index (χ0) is 9.68. The molecule has 13 heavy (non-hydrogen) atoms. The van der Waals surface area contributed by atoms with Gasteiger partial charge in [-0.25, -0.2) is 0 Å². The van der Waals surface area contributed by atoms with Crippen LogP contribution in [0.25, 0.3) is 0 Å². The number of aliphatic carboxylic acids is 1. The summed E-state index contributed by atoms with van der Waals surface area (Å²) in [5.41, 5.74) is 0. The van der Waals surface area contributed by atoms with Crippen LogP contribution in [0.4, 0.5) is 0 Å². The number of carbonyl (C=O) groups is 1. The molecule has 76 valence electrons. The lowest BCUT2D eigenvalue weighted by atomic mass is 10.2. The molecule has 0 aliphatic heterocycles. The van der Waals surface area contributed by atoms with Crippen molar-refractivity contribution in [2.24, 2.45) is 11.8 Å². The zero-order valence-corrected chi connectivity index (χ0v) is 8.25. The van der Waals surface area contributed by atoms with E-state index in [4.69, 9.17) is 5.11 Å². The Bertz CT molecular complexity index is 170. The van der Waals surface area contributed by atoms with E-state index < -0.39 is 5.97 Å². The first-order chi connectivity index (χ1) is 6.20. The Labute approximate surface area is 79.5 Å². The molecule has 1 saturated carbocycles. The van der Waals surface area contributed by atoms with Crippen LogP contribution in [-0.2, 0) is 4.79 Å². The molecule has 1 fully saturated rings. The molecule has 0 heterocycles. The van der Waals surface area contributed by atoms with E-state index in [9.17, 15) is 4.79 Å². The van der Waals surface area contributed by atoms with Crippen molar-refractivity contribution in [1.82, 2.24) is 5.32 Å². The zero-order valence-electron chi connectivity index (χ0n) is 8.25. The number of carboxylic acid groups (broad SMARTS) is 1. The average molecular weight is 185 g/mol. The van der Waals surface area contributed by atoms with Gasteiger partial charge in [0.25, 0.3) is 0 Å². The molecule has 0 bridgehead atoms. The second-order valence-corrected chi connectivity index (χ2v) is 4.03. The summed E-state index contributed by atoms with van der Waals surface area (Å²) in [5.74, 6) is 1.11. The van der Waals surface area contributed by atoms with Crippen LogP contribution < -0.4 is 5.32 Å². The van der Waals surface area contributed by atoms with Gasteiger partial charge in [-0.05, 0) is 44.2 Å². The summed E-state index contributed by atoms with van der Waals surface area (Å²) in [6.07, 6.45) is 3.44. The van der Waals surface area contributed by atoms with Gasteiger partial charge < -0.3 is 10.4 Å². The summed E-state index contributed by atoms with van der Waals surface area (Å²) in [5, 5.41) is 11.7. The van der Waals surface area contributed by atoms with Crippen LogP contribution >= 0.6 is 0 Å². The lowest BCUT2D eigenvalue weighted by Crippen LogP contribution is -2.18. The van der Waals surface area contributed by atoms with Crippen LogP contribution in [0.2, 0.25) is 0 Å². The number of rotatable bonds is 7. The number of nitrogens with one attached hydrogen (secondary N) is 1. The number of hydrogen-bond donors (Lipinski definition) is 2. The van der Waals surface area contributed by atoms with Gasteiger partial charge in [0.1, 0.15) is 0 Å². The maximum Gasteiger partial charge on any atom is 0.303 e. The number of hydrogen-bond acceptors (Lipinski definition) is 2. The molecular formula is C10H19NO2. The Morgan fingerprint density at radius 2 is 2.23 bits per heavy atom. The molecule has 2 N–H and O–H groups in total. The topological polar surface area (TPSA) is 49.3 Å². The van der Waals surface area contributed by atoms with Gasteiger partial charge in [-0.1, -0.05) is 6.92 Å². The van der Waals surface area contributed by atoms with Crippen molar-refractivity contribution in [3.63, 3.8) is 0 Å². The van der Waals surface area contributed by atoms with Crippen molar-refractivity contribution in [2.45, 2.75) is 32.6 Å². The van der Waals surface area contributed by atoms with Gasteiger partial charge in [-0.3, -0.25) is 4.79 Å². The summed E-state index contributed by atoms with van der Waals surface area (Å²) < 4.78 is 0. The van der Waals surface area contributed by atoms with Crippen LogP contribution in [0, 0.1) is 11.8 Å². The fraction of sp³-hybridized carbons (Fsp3) is 0.900. The second kappa shape index (κ2) is 5.22. The normalized spacial score (nSPS) is 25.9. The van der Waals surface area contributed by atoms with Crippen LogP contribution in [-0.4, -0.2) is 24.2 Å². The van der Waals surface area contributed by atoms with Crippen molar-refractivity contribution in [2.75, 3.05) is 13.1 Å². The predicted octanol–water partition coefficient (Wildman–Crippen LogP) is 1.49. The summed E-state index contributed by atoms with van der Waals surface area (Å²) in [7, 11) is 0. The van der Waals surface area contributed by atoms with Crippen molar-refractivity contribution < 1.29 is 9.90 Å². The van der Waals surface area contributed by atoms with Crippen molar-refractivity contribution >= 4 is 5.97 Å². The molecule has 3 heteroatoms. The highest BCUT2D eigenvalue weighted by molar-refractivity contribution is 5.66. The minimum atomic E-state index is -0.684. The molecule has 1 aliphatic carbocycles. The molecule has 0 radical (unpaired) electrons. The van der Waals surface area contributed by atoms with E-state index in [1.807, 2.05) is 0 Å². The average Bonchev–Trinajstić information content (AvgIpc) is 2.74. The van der Waals surface area contributed by atoms with Crippen molar-refractivity contribution in [1.29, 1.82) is 0 Å². The van der Waals surface area contributed by atoms with Crippen LogP contribution in [0.5, 0.6) is 0 Å². The quantitative estimate of drug-likeness (QED) is 0.591. The highest BCUT2D eigenvalue weighted by Crippen LogP contribution is 2.36. The van der Waals surface area contributed by atoms with Crippen LogP contribution in [0.15, 0.2) is 0 Å². The van der Waals surface area contributed by atoms with Crippen LogP contribution in [0.3, 0.4) is 0 Å². The van der Waals surface area contributed by atoms with Gasteiger partial charge in [0.15, 0.2) is 0 Å². The van der Waals surface area contributed by atoms with Gasteiger partial charge in [0.2, 0.25) is 0 Å². The highest BCUT2D eigenvalue weighted by atomic mass is 16.4. The highest BCUT2D eigenvalue weighted by Gasteiger charge is 2.31. The molecule has 1 aliphatic rings. The Morgan fingerprint density at radius 1 is 1.54 bits per heavy atom. The molecule has 1 rings (SSSR count). The standard InChI is InChI=1S/C10H19NO2/c1-8-6-9(8)7-11-5-3-2-4-10(12)13/h8-9,11H,2-7H2,1H3,(H,12,13). The van der Waals surface area contributed by atoms with Crippen molar-refractivity contribution in [3.05, 3.63) is 0 Å². The Balaban J connectivity index is 1.77. The molecule has 0 aromatic heterocycles. The minimum absolute atomic E-state index is 0.307. The van der Waals surface area contributed by atoms with Gasteiger partial charge in [0, 0.05) is 6.42 Å². The minimum Gasteiger partial charge on any atom is -0.481 e. The largest absolute Gasteiger partial charge is 0.481 e. The summed E-state index contributed by atoms with van der Waals surface area (Å²) in [4.78, 5) is 10.2. The van der Waals surface area contributed by atoms with Gasteiger partial charge in [0.05, 0.1) is 0 Å². The summed E-state index contributed by atoms with van der Waals surface area (Å²) in [6.45, 7) is 4.36. The third kappa shape index (κ3) is 4.88. The van der Waals surface area contributed by atoms with E-state index in [0.29, 0.717) is 6.42 Å². The molecule has 3 nitrogen and oxygen atoms in total. The Morgan fingerprint density at radius 3 is 2.77 bits per heavy atom. The van der Waals surface area contributed by atoms with E-state index in [2.05, 4.69) is 12.2 Å². The van der Waals surface area contributed by atoms with Gasteiger partial charge in [-0.15, -0.1) is 0 Å². The lowest BCUT2D eigenvalue weighted by Gasteiger charge is -2.02. The number of unbranched alkanes of at least 4 members (excludes halogenated alkanes) is 1. The van der Waals surface area contributed by atoms with Crippen molar-refractivity contribution in [3.8, 4) is 0 Å². The molecule has 0 aromatic rings. The van der Waals surface area contributed by atoms with E-state index >= 15 is 0 Å². The molecule has 0 aromatic carbocycles. The molecular weight excluding hydrogens is 166 g/mol. The fourth-order valence-electron chi connectivity index (χ4n) is 1.50. The third-order valence-electron chi connectivity index (χ3n) is 2.68. The first-order valence-corrected chi connectivity index (χ1v) is 5.12.